The van der Waals surface area contributed by atoms with E-state index >= 15 is 0 Å². The van der Waals surface area contributed by atoms with Crippen molar-refractivity contribution in [2.24, 2.45) is 5.41 Å². The van der Waals surface area contributed by atoms with Crippen molar-refractivity contribution in [3.63, 3.8) is 0 Å². The Bertz CT molecular complexity index is 352. The maximum absolute atomic E-state index is 5.90. The van der Waals surface area contributed by atoms with Gasteiger partial charge in [0.15, 0.2) is 0 Å². The Morgan fingerprint density at radius 2 is 1.81 bits per heavy atom. The highest BCUT2D eigenvalue weighted by Crippen LogP contribution is 2.42. The molecule has 2 rings (SSSR count). The minimum absolute atomic E-state index is 0.262. The van der Waals surface area contributed by atoms with Crippen LogP contribution in [-0.2, 0) is 0 Å². The van der Waals surface area contributed by atoms with E-state index in [1.165, 1.54) is 19.3 Å². The largest absolute Gasteiger partial charge is 0.493 e. The van der Waals surface area contributed by atoms with Gasteiger partial charge in [-0.05, 0) is 36.8 Å². The van der Waals surface area contributed by atoms with Crippen molar-refractivity contribution in [1.82, 2.24) is 0 Å². The fraction of sp³-hybridized carbons (Fsp3) is 0.500. The fourth-order valence-corrected chi connectivity index (χ4v) is 2.79. The maximum Gasteiger partial charge on any atom is 0.122 e. The Kier molecular flexibility index (Phi) is 3.93. The molecule has 1 saturated carbocycles. The Morgan fingerprint density at radius 1 is 1.19 bits per heavy atom. The fourth-order valence-electron chi connectivity index (χ4n) is 1.87. The lowest BCUT2D eigenvalue weighted by molar-refractivity contribution is 0.0830. The van der Waals surface area contributed by atoms with Crippen LogP contribution in [0.4, 0.5) is 0 Å². The standard InChI is InChI=1S/C12H14Cl2OS/c13-9-4-10(14)6-11(5-9)15-7-12(8-16)2-1-3-12/h4-6,16H,1-3,7-8H2. The second-order valence-electron chi connectivity index (χ2n) is 4.41. The van der Waals surface area contributed by atoms with Gasteiger partial charge in [-0.1, -0.05) is 29.6 Å². The molecule has 0 spiro atoms. The maximum atomic E-state index is 5.90. The van der Waals surface area contributed by atoms with E-state index in [2.05, 4.69) is 12.6 Å². The number of ether oxygens (including phenoxy) is 1. The lowest BCUT2D eigenvalue weighted by atomic mass is 9.71. The second-order valence-corrected chi connectivity index (χ2v) is 5.59. The molecule has 1 aromatic carbocycles. The highest BCUT2D eigenvalue weighted by Gasteiger charge is 2.36. The van der Waals surface area contributed by atoms with Gasteiger partial charge < -0.3 is 4.74 Å². The molecule has 0 amide bonds. The minimum Gasteiger partial charge on any atom is -0.493 e. The van der Waals surface area contributed by atoms with Gasteiger partial charge in [-0.3, -0.25) is 0 Å². The van der Waals surface area contributed by atoms with Gasteiger partial charge >= 0.3 is 0 Å². The molecule has 0 radical (unpaired) electrons. The molecule has 1 aliphatic carbocycles. The molecule has 0 aromatic heterocycles. The molecule has 88 valence electrons. The first-order chi connectivity index (χ1) is 7.63. The van der Waals surface area contributed by atoms with E-state index in [9.17, 15) is 0 Å². The van der Waals surface area contributed by atoms with Gasteiger partial charge in [0.1, 0.15) is 5.75 Å². The molecular weight excluding hydrogens is 263 g/mol. The second kappa shape index (κ2) is 5.07. The summed E-state index contributed by atoms with van der Waals surface area (Å²) in [6.45, 7) is 0.702. The summed E-state index contributed by atoms with van der Waals surface area (Å²) in [7, 11) is 0. The van der Waals surface area contributed by atoms with Crippen LogP contribution in [0.1, 0.15) is 19.3 Å². The molecular formula is C12H14Cl2OS. The van der Waals surface area contributed by atoms with Crippen LogP contribution in [-0.4, -0.2) is 12.4 Å². The zero-order valence-electron chi connectivity index (χ0n) is 8.88. The van der Waals surface area contributed by atoms with Gasteiger partial charge in [0.2, 0.25) is 0 Å². The van der Waals surface area contributed by atoms with Crippen LogP contribution in [0.25, 0.3) is 0 Å². The van der Waals surface area contributed by atoms with Crippen LogP contribution in [0.5, 0.6) is 5.75 Å². The van der Waals surface area contributed by atoms with E-state index < -0.39 is 0 Å². The third-order valence-electron chi connectivity index (χ3n) is 3.13. The quantitative estimate of drug-likeness (QED) is 0.799. The Hall–Kier alpha value is -0.0500. The number of hydrogen-bond acceptors (Lipinski definition) is 2. The normalized spacial score (nSPS) is 17.9. The third kappa shape index (κ3) is 2.79. The smallest absolute Gasteiger partial charge is 0.122 e. The zero-order chi connectivity index (χ0) is 11.6. The van der Waals surface area contributed by atoms with E-state index in [-0.39, 0.29) is 5.41 Å². The van der Waals surface area contributed by atoms with Crippen molar-refractivity contribution >= 4 is 35.8 Å². The number of benzene rings is 1. The number of thiol groups is 1. The van der Waals surface area contributed by atoms with Crippen molar-refractivity contribution in [2.75, 3.05) is 12.4 Å². The summed E-state index contributed by atoms with van der Waals surface area (Å²) >= 11 is 16.2. The van der Waals surface area contributed by atoms with E-state index in [0.29, 0.717) is 16.7 Å². The predicted octanol–water partition coefficient (Wildman–Crippen LogP) is 4.47. The summed E-state index contributed by atoms with van der Waals surface area (Å²) < 4.78 is 5.75. The number of hydrogen-bond donors (Lipinski definition) is 1. The summed E-state index contributed by atoms with van der Waals surface area (Å²) in [5, 5.41) is 1.21. The van der Waals surface area contributed by atoms with Crippen LogP contribution in [0.15, 0.2) is 18.2 Å². The lowest BCUT2D eigenvalue weighted by Gasteiger charge is -2.40. The first-order valence-corrected chi connectivity index (χ1v) is 6.72. The molecule has 1 fully saturated rings. The summed E-state index contributed by atoms with van der Waals surface area (Å²) in [5.41, 5.74) is 0.262. The van der Waals surface area contributed by atoms with Crippen molar-refractivity contribution in [1.29, 1.82) is 0 Å². The number of halogens is 2. The van der Waals surface area contributed by atoms with E-state index in [0.717, 1.165) is 11.5 Å². The highest BCUT2D eigenvalue weighted by molar-refractivity contribution is 7.80. The molecule has 1 aromatic rings. The first-order valence-electron chi connectivity index (χ1n) is 5.33. The zero-order valence-corrected chi connectivity index (χ0v) is 11.3. The Morgan fingerprint density at radius 3 is 2.25 bits per heavy atom. The first kappa shape index (κ1) is 12.4. The molecule has 4 heteroatoms. The van der Waals surface area contributed by atoms with Crippen molar-refractivity contribution in [3.8, 4) is 5.75 Å². The molecule has 0 unspecified atom stereocenters. The van der Waals surface area contributed by atoms with Crippen LogP contribution in [0.2, 0.25) is 10.0 Å². The van der Waals surface area contributed by atoms with Crippen molar-refractivity contribution in [2.45, 2.75) is 19.3 Å². The average Bonchev–Trinajstić information content (AvgIpc) is 2.15. The number of rotatable bonds is 4. The minimum atomic E-state index is 0.262. The molecule has 0 aliphatic heterocycles. The lowest BCUT2D eigenvalue weighted by Crippen LogP contribution is -2.37. The highest BCUT2D eigenvalue weighted by atomic mass is 35.5. The van der Waals surface area contributed by atoms with Crippen LogP contribution in [0, 0.1) is 5.41 Å². The van der Waals surface area contributed by atoms with E-state index in [1.807, 2.05) is 0 Å². The Labute approximate surface area is 111 Å². The molecule has 0 bridgehead atoms. The van der Waals surface area contributed by atoms with Gasteiger partial charge in [0.05, 0.1) is 6.61 Å². The van der Waals surface area contributed by atoms with Crippen molar-refractivity contribution < 1.29 is 4.74 Å². The van der Waals surface area contributed by atoms with Gasteiger partial charge in [-0.25, -0.2) is 0 Å². The van der Waals surface area contributed by atoms with Crippen LogP contribution < -0.4 is 4.74 Å². The summed E-state index contributed by atoms with van der Waals surface area (Å²) in [6, 6.07) is 5.28. The molecule has 0 heterocycles. The van der Waals surface area contributed by atoms with Gasteiger partial charge in [-0.15, -0.1) is 0 Å². The topological polar surface area (TPSA) is 9.23 Å². The molecule has 1 nitrogen and oxygen atoms in total. The SMILES string of the molecule is SCC1(COc2cc(Cl)cc(Cl)c2)CCC1. The molecule has 1 aliphatic rings. The average molecular weight is 277 g/mol. The molecule has 16 heavy (non-hydrogen) atoms. The van der Waals surface area contributed by atoms with Crippen LogP contribution in [0.3, 0.4) is 0 Å². The Balaban J connectivity index is 1.98. The van der Waals surface area contributed by atoms with E-state index in [1.54, 1.807) is 18.2 Å². The third-order valence-corrected chi connectivity index (χ3v) is 4.24. The molecule has 0 saturated heterocycles. The van der Waals surface area contributed by atoms with Crippen molar-refractivity contribution in [3.05, 3.63) is 28.2 Å². The summed E-state index contributed by atoms with van der Waals surface area (Å²) in [6.07, 6.45) is 3.68. The van der Waals surface area contributed by atoms with Gasteiger partial charge in [-0.2, -0.15) is 12.6 Å². The van der Waals surface area contributed by atoms with Gasteiger partial charge in [0.25, 0.3) is 0 Å². The van der Waals surface area contributed by atoms with Gasteiger partial charge in [0, 0.05) is 15.5 Å². The molecule has 0 atom stereocenters. The summed E-state index contributed by atoms with van der Waals surface area (Å²) in [5.74, 6) is 1.62. The monoisotopic (exact) mass is 276 g/mol. The summed E-state index contributed by atoms with van der Waals surface area (Å²) in [4.78, 5) is 0. The predicted molar refractivity (Wildman–Crippen MR) is 72.1 cm³/mol. The van der Waals surface area contributed by atoms with Crippen LogP contribution >= 0.6 is 35.8 Å². The van der Waals surface area contributed by atoms with E-state index in [4.69, 9.17) is 27.9 Å². The molecule has 0 N–H and O–H groups in total.